The van der Waals surface area contributed by atoms with Crippen molar-refractivity contribution in [3.8, 4) is 0 Å². The molecule has 0 aliphatic carbocycles. The smallest absolute Gasteiger partial charge is 0.141 e. The van der Waals surface area contributed by atoms with Gasteiger partial charge in [-0.1, -0.05) is 0 Å². The summed E-state index contributed by atoms with van der Waals surface area (Å²) < 4.78 is 0. The summed E-state index contributed by atoms with van der Waals surface area (Å²) in [5.41, 5.74) is 1.33. The number of rotatable bonds is 1. The lowest BCUT2D eigenvalue weighted by Gasteiger charge is -2.33. The Bertz CT molecular complexity index is 578. The van der Waals surface area contributed by atoms with Crippen molar-refractivity contribution in [2.24, 2.45) is 0 Å². The van der Waals surface area contributed by atoms with E-state index in [-0.39, 0.29) is 0 Å². The average molecular weight is 262 g/mol. The van der Waals surface area contributed by atoms with Crippen molar-refractivity contribution in [3.05, 3.63) is 16.8 Å². The second-order valence-electron chi connectivity index (χ2n) is 4.96. The van der Waals surface area contributed by atoms with Crippen molar-refractivity contribution in [1.29, 1.82) is 0 Å². The first-order valence-electron chi connectivity index (χ1n) is 6.36. The Balaban J connectivity index is 2.10. The standard InChI is InChI=1S/C13H18N4S/c1-8-6-17(5-4-14-8)12-11-9(2)10(3)18-13(11)16-7-15-12/h7-8,14H,4-6H2,1-3H3. The number of fused-ring (bicyclic) bond motifs is 1. The highest BCUT2D eigenvalue weighted by molar-refractivity contribution is 7.18. The predicted octanol–water partition coefficient (Wildman–Crippen LogP) is 2.11. The molecule has 0 aromatic carbocycles. The number of aryl methyl sites for hydroxylation is 2. The maximum atomic E-state index is 4.53. The summed E-state index contributed by atoms with van der Waals surface area (Å²) in [7, 11) is 0. The Morgan fingerprint density at radius 2 is 2.22 bits per heavy atom. The van der Waals surface area contributed by atoms with Crippen molar-refractivity contribution < 1.29 is 0 Å². The molecule has 18 heavy (non-hydrogen) atoms. The molecule has 0 saturated carbocycles. The van der Waals surface area contributed by atoms with Gasteiger partial charge in [0, 0.05) is 30.6 Å². The van der Waals surface area contributed by atoms with E-state index in [2.05, 4.69) is 41.0 Å². The lowest BCUT2D eigenvalue weighted by Crippen LogP contribution is -2.49. The van der Waals surface area contributed by atoms with Gasteiger partial charge in [-0.15, -0.1) is 11.3 Å². The maximum absolute atomic E-state index is 4.53. The molecule has 2 aromatic rings. The molecule has 1 aliphatic heterocycles. The molecule has 1 unspecified atom stereocenters. The van der Waals surface area contributed by atoms with E-state index < -0.39 is 0 Å². The van der Waals surface area contributed by atoms with E-state index >= 15 is 0 Å². The zero-order valence-corrected chi connectivity index (χ0v) is 11.8. The Kier molecular flexibility index (Phi) is 2.95. The fraction of sp³-hybridized carbons (Fsp3) is 0.538. The summed E-state index contributed by atoms with van der Waals surface area (Å²) in [6, 6.07) is 0.517. The summed E-state index contributed by atoms with van der Waals surface area (Å²) in [5.74, 6) is 1.11. The van der Waals surface area contributed by atoms with E-state index in [9.17, 15) is 0 Å². The van der Waals surface area contributed by atoms with Crippen LogP contribution in [0.15, 0.2) is 6.33 Å². The number of thiophene rings is 1. The van der Waals surface area contributed by atoms with E-state index in [1.807, 2.05) is 0 Å². The van der Waals surface area contributed by atoms with Crippen molar-refractivity contribution in [2.45, 2.75) is 26.8 Å². The van der Waals surface area contributed by atoms with Crippen LogP contribution in [0.5, 0.6) is 0 Å². The molecule has 4 nitrogen and oxygen atoms in total. The molecule has 1 fully saturated rings. The Morgan fingerprint density at radius 3 is 3.00 bits per heavy atom. The molecule has 0 radical (unpaired) electrons. The molecule has 96 valence electrons. The van der Waals surface area contributed by atoms with Gasteiger partial charge in [-0.3, -0.25) is 0 Å². The molecule has 5 heteroatoms. The number of nitrogens with one attached hydrogen (secondary N) is 1. The zero-order valence-electron chi connectivity index (χ0n) is 11.0. The van der Waals surface area contributed by atoms with Gasteiger partial charge in [-0.05, 0) is 26.3 Å². The van der Waals surface area contributed by atoms with Crippen molar-refractivity contribution in [2.75, 3.05) is 24.5 Å². The summed E-state index contributed by atoms with van der Waals surface area (Å²) >= 11 is 1.76. The number of hydrogen-bond donors (Lipinski definition) is 1. The molecule has 3 heterocycles. The van der Waals surface area contributed by atoms with Gasteiger partial charge in [0.15, 0.2) is 0 Å². The minimum Gasteiger partial charge on any atom is -0.353 e. The van der Waals surface area contributed by atoms with E-state index in [1.165, 1.54) is 15.8 Å². The predicted molar refractivity (Wildman–Crippen MR) is 76.6 cm³/mol. The van der Waals surface area contributed by atoms with Crippen molar-refractivity contribution in [1.82, 2.24) is 15.3 Å². The fourth-order valence-corrected chi connectivity index (χ4v) is 3.52. The van der Waals surface area contributed by atoms with Gasteiger partial charge in [-0.25, -0.2) is 9.97 Å². The molecule has 1 saturated heterocycles. The maximum Gasteiger partial charge on any atom is 0.141 e. The monoisotopic (exact) mass is 262 g/mol. The largest absolute Gasteiger partial charge is 0.353 e. The lowest BCUT2D eigenvalue weighted by atomic mass is 10.1. The highest BCUT2D eigenvalue weighted by Crippen LogP contribution is 2.34. The number of nitrogens with zero attached hydrogens (tertiary/aromatic N) is 3. The van der Waals surface area contributed by atoms with Crippen LogP contribution in [0.25, 0.3) is 10.2 Å². The molecule has 0 spiro atoms. The number of hydrogen-bond acceptors (Lipinski definition) is 5. The Morgan fingerprint density at radius 1 is 1.39 bits per heavy atom. The van der Waals surface area contributed by atoms with Crippen LogP contribution in [0.3, 0.4) is 0 Å². The first kappa shape index (κ1) is 11.9. The molecular weight excluding hydrogens is 244 g/mol. The molecule has 3 rings (SSSR count). The van der Waals surface area contributed by atoms with Gasteiger partial charge in [0.2, 0.25) is 0 Å². The first-order valence-corrected chi connectivity index (χ1v) is 7.17. The van der Waals surface area contributed by atoms with E-state index in [0.717, 1.165) is 30.3 Å². The first-order chi connectivity index (χ1) is 8.66. The minimum absolute atomic E-state index is 0.517. The van der Waals surface area contributed by atoms with Crippen LogP contribution in [0.4, 0.5) is 5.82 Å². The summed E-state index contributed by atoms with van der Waals surface area (Å²) in [4.78, 5) is 13.8. The molecule has 0 amide bonds. The number of piperazine rings is 1. The van der Waals surface area contributed by atoms with Gasteiger partial charge >= 0.3 is 0 Å². The fourth-order valence-electron chi connectivity index (χ4n) is 2.53. The van der Waals surface area contributed by atoms with Crippen LogP contribution in [0.2, 0.25) is 0 Å². The molecule has 1 aliphatic rings. The highest BCUT2D eigenvalue weighted by Gasteiger charge is 2.21. The lowest BCUT2D eigenvalue weighted by molar-refractivity contribution is 0.483. The topological polar surface area (TPSA) is 41.1 Å². The van der Waals surface area contributed by atoms with Gasteiger partial charge < -0.3 is 10.2 Å². The Labute approximate surface area is 111 Å². The molecule has 0 bridgehead atoms. The summed E-state index contributed by atoms with van der Waals surface area (Å²) in [5, 5.41) is 4.71. The van der Waals surface area contributed by atoms with Gasteiger partial charge in [0.05, 0.1) is 5.39 Å². The van der Waals surface area contributed by atoms with Crippen LogP contribution in [-0.2, 0) is 0 Å². The molecule has 1 N–H and O–H groups in total. The van der Waals surface area contributed by atoms with Gasteiger partial charge in [0.1, 0.15) is 17.0 Å². The highest BCUT2D eigenvalue weighted by atomic mass is 32.1. The van der Waals surface area contributed by atoms with Crippen LogP contribution in [0.1, 0.15) is 17.4 Å². The second-order valence-corrected chi connectivity index (χ2v) is 6.17. The average Bonchev–Trinajstić information content (AvgIpc) is 2.65. The van der Waals surface area contributed by atoms with E-state index in [4.69, 9.17) is 0 Å². The normalized spacial score (nSPS) is 20.6. The van der Waals surface area contributed by atoms with Crippen LogP contribution >= 0.6 is 11.3 Å². The summed E-state index contributed by atoms with van der Waals surface area (Å²) in [6.45, 7) is 9.61. The van der Waals surface area contributed by atoms with Crippen LogP contribution < -0.4 is 10.2 Å². The third kappa shape index (κ3) is 1.87. The van der Waals surface area contributed by atoms with E-state index in [0.29, 0.717) is 6.04 Å². The third-order valence-corrected chi connectivity index (χ3v) is 4.73. The molecule has 1 atom stereocenters. The zero-order chi connectivity index (χ0) is 12.7. The quantitative estimate of drug-likeness (QED) is 0.854. The Hall–Kier alpha value is -1.20. The van der Waals surface area contributed by atoms with Gasteiger partial charge in [0.25, 0.3) is 0 Å². The van der Waals surface area contributed by atoms with E-state index in [1.54, 1.807) is 17.7 Å². The van der Waals surface area contributed by atoms with Crippen molar-refractivity contribution in [3.63, 3.8) is 0 Å². The SMILES string of the molecule is Cc1sc2ncnc(N3CCNC(C)C3)c2c1C. The van der Waals surface area contributed by atoms with Crippen molar-refractivity contribution >= 4 is 27.4 Å². The van der Waals surface area contributed by atoms with Gasteiger partial charge in [-0.2, -0.15) is 0 Å². The van der Waals surface area contributed by atoms with Crippen LogP contribution in [0, 0.1) is 13.8 Å². The number of anilines is 1. The molecule has 2 aromatic heterocycles. The third-order valence-electron chi connectivity index (χ3n) is 3.61. The number of aromatic nitrogens is 2. The van der Waals surface area contributed by atoms with Crippen LogP contribution in [-0.4, -0.2) is 35.6 Å². The molecular formula is C13H18N4S. The second kappa shape index (κ2) is 4.48. The summed E-state index contributed by atoms with van der Waals surface area (Å²) in [6.07, 6.45) is 1.69. The minimum atomic E-state index is 0.517.